The monoisotopic (exact) mass is 234 g/mol. The number of hydrogen-bond acceptors (Lipinski definition) is 5. The van der Waals surface area contributed by atoms with E-state index >= 15 is 0 Å². The normalized spacial score (nSPS) is 18.0. The van der Waals surface area contributed by atoms with Gasteiger partial charge >= 0.3 is 5.97 Å². The molecule has 2 aromatic heterocycles. The van der Waals surface area contributed by atoms with Gasteiger partial charge in [0.2, 0.25) is 5.76 Å². The van der Waals surface area contributed by atoms with Crippen molar-refractivity contribution < 1.29 is 18.7 Å². The minimum atomic E-state index is -1.09. The van der Waals surface area contributed by atoms with Crippen LogP contribution in [0.5, 0.6) is 0 Å². The van der Waals surface area contributed by atoms with Crippen LogP contribution >= 0.6 is 0 Å². The Morgan fingerprint density at radius 3 is 3.06 bits per heavy atom. The molecule has 1 unspecified atom stereocenters. The molecular weight excluding hydrogens is 224 g/mol. The molecule has 88 valence electrons. The molecule has 6 nitrogen and oxygen atoms in total. The fourth-order valence-electron chi connectivity index (χ4n) is 1.90. The van der Waals surface area contributed by atoms with E-state index in [-0.39, 0.29) is 11.8 Å². The van der Waals surface area contributed by atoms with Crippen molar-refractivity contribution >= 4 is 17.3 Å². The van der Waals surface area contributed by atoms with Crippen molar-refractivity contribution in [2.45, 2.75) is 6.04 Å². The van der Waals surface area contributed by atoms with E-state index in [2.05, 4.69) is 10.6 Å². The van der Waals surface area contributed by atoms with Crippen molar-refractivity contribution in [3.63, 3.8) is 0 Å². The Bertz CT molecular complexity index is 544. The first kappa shape index (κ1) is 9.83. The van der Waals surface area contributed by atoms with E-state index in [1.165, 1.54) is 6.26 Å². The van der Waals surface area contributed by atoms with E-state index in [9.17, 15) is 4.79 Å². The number of fused-ring (bicyclic) bond motifs is 1. The van der Waals surface area contributed by atoms with Gasteiger partial charge in [-0.25, -0.2) is 4.79 Å². The second-order valence-electron chi connectivity index (χ2n) is 3.75. The highest BCUT2D eigenvalue weighted by atomic mass is 16.4. The van der Waals surface area contributed by atoms with Gasteiger partial charge in [0.25, 0.3) is 0 Å². The van der Waals surface area contributed by atoms with E-state index in [0.717, 1.165) is 5.76 Å². The molecule has 6 heteroatoms. The summed E-state index contributed by atoms with van der Waals surface area (Å²) in [6, 6.07) is 3.64. The van der Waals surface area contributed by atoms with E-state index in [1.54, 1.807) is 6.26 Å². The molecule has 0 fully saturated rings. The van der Waals surface area contributed by atoms with Gasteiger partial charge in [-0.1, -0.05) is 0 Å². The summed E-state index contributed by atoms with van der Waals surface area (Å²) in [5.74, 6) is -0.372. The number of carboxylic acid groups (broad SMARTS) is 1. The largest absolute Gasteiger partial charge is 0.475 e. The van der Waals surface area contributed by atoms with Crippen LogP contribution in [0.4, 0.5) is 11.4 Å². The third kappa shape index (κ3) is 1.54. The lowest BCUT2D eigenvalue weighted by Crippen LogP contribution is -2.25. The number of rotatable bonds is 2. The van der Waals surface area contributed by atoms with E-state index in [0.29, 0.717) is 17.9 Å². The zero-order valence-electron chi connectivity index (χ0n) is 8.77. The van der Waals surface area contributed by atoms with Crippen molar-refractivity contribution in [2.24, 2.45) is 0 Å². The molecule has 1 aliphatic rings. The topological polar surface area (TPSA) is 87.6 Å². The molecule has 1 aliphatic heterocycles. The van der Waals surface area contributed by atoms with Crippen molar-refractivity contribution in [3.8, 4) is 0 Å². The van der Waals surface area contributed by atoms with Gasteiger partial charge in [-0.2, -0.15) is 0 Å². The molecule has 3 heterocycles. The van der Waals surface area contributed by atoms with Crippen molar-refractivity contribution in [2.75, 3.05) is 17.2 Å². The average molecular weight is 234 g/mol. The third-order valence-electron chi connectivity index (χ3n) is 2.68. The minimum Gasteiger partial charge on any atom is -0.475 e. The summed E-state index contributed by atoms with van der Waals surface area (Å²) in [5, 5.41) is 15.1. The number of carboxylic acids is 1. The quantitative estimate of drug-likeness (QED) is 0.737. The van der Waals surface area contributed by atoms with Gasteiger partial charge < -0.3 is 24.6 Å². The SMILES string of the molecule is O=C(O)c1occ2c1NCC(c1ccco1)N2. The highest BCUT2D eigenvalue weighted by molar-refractivity contribution is 5.95. The molecule has 0 amide bonds. The van der Waals surface area contributed by atoms with Crippen LogP contribution < -0.4 is 10.6 Å². The van der Waals surface area contributed by atoms with Crippen molar-refractivity contribution in [1.29, 1.82) is 0 Å². The zero-order chi connectivity index (χ0) is 11.8. The van der Waals surface area contributed by atoms with Gasteiger partial charge in [0.1, 0.15) is 23.8 Å². The molecule has 0 saturated carbocycles. The number of furan rings is 2. The van der Waals surface area contributed by atoms with Gasteiger partial charge in [0, 0.05) is 6.54 Å². The average Bonchev–Trinajstić information content (AvgIpc) is 2.97. The molecule has 0 aliphatic carbocycles. The molecule has 2 aromatic rings. The second kappa shape index (κ2) is 3.58. The standard InChI is InChI=1S/C11H10N2O4/c14-11(15)10-9-7(5-17-10)13-6(4-12-9)8-2-1-3-16-8/h1-3,5-6,12-13H,4H2,(H,14,15). The first-order valence-corrected chi connectivity index (χ1v) is 5.14. The predicted octanol–water partition coefficient (Wildman–Crippen LogP) is 2.15. The van der Waals surface area contributed by atoms with Gasteiger partial charge in [-0.3, -0.25) is 0 Å². The first-order valence-electron chi connectivity index (χ1n) is 5.14. The summed E-state index contributed by atoms with van der Waals surface area (Å²) >= 11 is 0. The first-order chi connectivity index (χ1) is 8.25. The maximum absolute atomic E-state index is 10.9. The fraction of sp³-hybridized carbons (Fsp3) is 0.182. The van der Waals surface area contributed by atoms with Crippen LogP contribution in [0.15, 0.2) is 33.5 Å². The predicted molar refractivity (Wildman–Crippen MR) is 59.2 cm³/mol. The molecule has 0 aromatic carbocycles. The lowest BCUT2D eigenvalue weighted by atomic mass is 10.1. The summed E-state index contributed by atoms with van der Waals surface area (Å²) < 4.78 is 10.3. The van der Waals surface area contributed by atoms with Crippen molar-refractivity contribution in [3.05, 3.63) is 36.2 Å². The van der Waals surface area contributed by atoms with Crippen LogP contribution in [-0.2, 0) is 0 Å². The van der Waals surface area contributed by atoms with Gasteiger partial charge in [0.15, 0.2) is 0 Å². The van der Waals surface area contributed by atoms with Crippen LogP contribution in [0, 0.1) is 0 Å². The molecule has 0 spiro atoms. The Labute approximate surface area is 96.2 Å². The van der Waals surface area contributed by atoms with E-state index < -0.39 is 5.97 Å². The summed E-state index contributed by atoms with van der Waals surface area (Å²) in [6.07, 6.45) is 2.99. The fourth-order valence-corrected chi connectivity index (χ4v) is 1.90. The van der Waals surface area contributed by atoms with Gasteiger partial charge in [-0.05, 0) is 12.1 Å². The van der Waals surface area contributed by atoms with Gasteiger partial charge in [-0.15, -0.1) is 0 Å². The maximum atomic E-state index is 10.9. The maximum Gasteiger partial charge on any atom is 0.374 e. The summed E-state index contributed by atoms with van der Waals surface area (Å²) in [5.41, 5.74) is 1.12. The molecule has 1 atom stereocenters. The lowest BCUT2D eigenvalue weighted by molar-refractivity contribution is 0.0664. The van der Waals surface area contributed by atoms with Crippen LogP contribution in [0.25, 0.3) is 0 Å². The third-order valence-corrected chi connectivity index (χ3v) is 2.68. The summed E-state index contributed by atoms with van der Waals surface area (Å²) in [4.78, 5) is 10.9. The summed E-state index contributed by atoms with van der Waals surface area (Å²) in [7, 11) is 0. The van der Waals surface area contributed by atoms with E-state index in [4.69, 9.17) is 13.9 Å². The Morgan fingerprint density at radius 2 is 2.35 bits per heavy atom. The van der Waals surface area contributed by atoms with Crippen LogP contribution in [0.1, 0.15) is 22.4 Å². The van der Waals surface area contributed by atoms with E-state index in [1.807, 2.05) is 12.1 Å². The minimum absolute atomic E-state index is 0.0308. The summed E-state index contributed by atoms with van der Waals surface area (Å²) in [6.45, 7) is 0.542. The molecule has 0 radical (unpaired) electrons. The number of aromatic carboxylic acids is 1. The Morgan fingerprint density at radius 1 is 1.47 bits per heavy atom. The lowest BCUT2D eigenvalue weighted by Gasteiger charge is -2.24. The van der Waals surface area contributed by atoms with Crippen LogP contribution in [0.3, 0.4) is 0 Å². The van der Waals surface area contributed by atoms with Crippen LogP contribution in [0.2, 0.25) is 0 Å². The number of anilines is 2. The molecule has 0 bridgehead atoms. The smallest absolute Gasteiger partial charge is 0.374 e. The Balaban J connectivity index is 1.89. The van der Waals surface area contributed by atoms with Gasteiger partial charge in [0.05, 0.1) is 12.0 Å². The van der Waals surface area contributed by atoms with Crippen molar-refractivity contribution in [1.82, 2.24) is 0 Å². The second-order valence-corrected chi connectivity index (χ2v) is 3.75. The Hall–Kier alpha value is -2.37. The highest BCUT2D eigenvalue weighted by Gasteiger charge is 2.27. The molecule has 3 rings (SSSR count). The zero-order valence-corrected chi connectivity index (χ0v) is 8.77. The highest BCUT2D eigenvalue weighted by Crippen LogP contribution is 2.35. The molecule has 0 saturated heterocycles. The molecule has 17 heavy (non-hydrogen) atoms. The number of nitrogens with one attached hydrogen (secondary N) is 2. The number of carbonyl (C=O) groups is 1. The number of hydrogen-bond donors (Lipinski definition) is 3. The van der Waals surface area contributed by atoms with Crippen LogP contribution in [-0.4, -0.2) is 17.6 Å². The Kier molecular flexibility index (Phi) is 2.07. The molecule has 3 N–H and O–H groups in total. The molecular formula is C11H10N2O4.